The lowest BCUT2D eigenvalue weighted by atomic mass is 10.2. The summed E-state index contributed by atoms with van der Waals surface area (Å²) in [7, 11) is -3.42. The first-order valence-corrected chi connectivity index (χ1v) is 7.18. The van der Waals surface area contributed by atoms with Crippen LogP contribution in [0.4, 0.5) is 0 Å². The summed E-state index contributed by atoms with van der Waals surface area (Å²) < 4.78 is 28.6. The minimum Gasteiger partial charge on any atom is -0.267 e. The zero-order chi connectivity index (χ0) is 11.4. The Morgan fingerprint density at radius 3 is 2.38 bits per heavy atom. The van der Waals surface area contributed by atoms with Crippen LogP contribution in [-0.2, 0) is 20.1 Å². The van der Waals surface area contributed by atoms with Crippen molar-refractivity contribution in [1.29, 1.82) is 0 Å². The third-order valence-electron chi connectivity index (χ3n) is 2.77. The molecule has 1 aliphatic carbocycles. The molecule has 3 nitrogen and oxygen atoms in total. The van der Waals surface area contributed by atoms with Gasteiger partial charge in [0.15, 0.2) is 0 Å². The number of hydrogen-bond acceptors (Lipinski definition) is 3. The quantitative estimate of drug-likeness (QED) is 0.759. The van der Waals surface area contributed by atoms with Crippen LogP contribution in [0.5, 0.6) is 0 Å². The van der Waals surface area contributed by atoms with Crippen molar-refractivity contribution >= 4 is 10.1 Å². The Hall–Kier alpha value is -0.870. The van der Waals surface area contributed by atoms with Crippen molar-refractivity contribution in [1.82, 2.24) is 0 Å². The van der Waals surface area contributed by atoms with Gasteiger partial charge < -0.3 is 0 Å². The average molecular weight is 240 g/mol. The highest BCUT2D eigenvalue weighted by Gasteiger charge is 2.23. The van der Waals surface area contributed by atoms with E-state index in [0.29, 0.717) is 0 Å². The summed E-state index contributed by atoms with van der Waals surface area (Å²) in [6.07, 6.45) is 3.80. The van der Waals surface area contributed by atoms with E-state index in [4.69, 9.17) is 4.18 Å². The van der Waals surface area contributed by atoms with Gasteiger partial charge in [-0.05, 0) is 18.4 Å². The van der Waals surface area contributed by atoms with Gasteiger partial charge >= 0.3 is 0 Å². The van der Waals surface area contributed by atoms with E-state index in [1.54, 1.807) is 12.1 Å². The Morgan fingerprint density at radius 1 is 1.12 bits per heavy atom. The Kier molecular flexibility index (Phi) is 3.61. The Bertz CT molecular complexity index is 419. The van der Waals surface area contributed by atoms with Crippen LogP contribution < -0.4 is 0 Å². The standard InChI is InChI=1S/C12H16O3S/c13-16(14,15-12-8-4-5-9-12)10-11-6-2-1-3-7-11/h1-3,6-7,12H,4-5,8-10H2. The summed E-state index contributed by atoms with van der Waals surface area (Å²) in [5.41, 5.74) is 0.778. The molecule has 0 bridgehead atoms. The highest BCUT2D eigenvalue weighted by Crippen LogP contribution is 2.23. The van der Waals surface area contributed by atoms with E-state index in [1.807, 2.05) is 18.2 Å². The molecule has 1 fully saturated rings. The first kappa shape index (κ1) is 11.6. The van der Waals surface area contributed by atoms with Crippen molar-refractivity contribution in [2.75, 3.05) is 0 Å². The van der Waals surface area contributed by atoms with Gasteiger partial charge in [0.1, 0.15) is 5.75 Å². The molecule has 1 aromatic rings. The highest BCUT2D eigenvalue weighted by molar-refractivity contribution is 7.85. The van der Waals surface area contributed by atoms with E-state index in [-0.39, 0.29) is 11.9 Å². The second-order valence-corrected chi connectivity index (χ2v) is 5.79. The van der Waals surface area contributed by atoms with Gasteiger partial charge in [0, 0.05) is 0 Å². The summed E-state index contributed by atoms with van der Waals surface area (Å²) in [6, 6.07) is 9.14. The second-order valence-electron chi connectivity index (χ2n) is 4.19. The van der Waals surface area contributed by atoms with E-state index in [9.17, 15) is 8.42 Å². The van der Waals surface area contributed by atoms with Crippen molar-refractivity contribution in [3.05, 3.63) is 35.9 Å². The fraction of sp³-hybridized carbons (Fsp3) is 0.500. The van der Waals surface area contributed by atoms with Crippen LogP contribution in [0.2, 0.25) is 0 Å². The maximum atomic E-state index is 11.7. The van der Waals surface area contributed by atoms with Crippen LogP contribution in [0.1, 0.15) is 31.2 Å². The highest BCUT2D eigenvalue weighted by atomic mass is 32.2. The third-order valence-corrected chi connectivity index (χ3v) is 4.02. The zero-order valence-electron chi connectivity index (χ0n) is 9.13. The molecule has 1 saturated carbocycles. The van der Waals surface area contributed by atoms with E-state index in [1.165, 1.54) is 0 Å². The van der Waals surface area contributed by atoms with Gasteiger partial charge in [-0.15, -0.1) is 0 Å². The van der Waals surface area contributed by atoms with E-state index < -0.39 is 10.1 Å². The van der Waals surface area contributed by atoms with Gasteiger partial charge in [-0.1, -0.05) is 43.2 Å². The smallest absolute Gasteiger partial charge is 0.267 e. The Balaban J connectivity index is 1.97. The first-order chi connectivity index (χ1) is 7.66. The molecule has 0 unspecified atom stereocenters. The molecule has 0 N–H and O–H groups in total. The summed E-state index contributed by atoms with van der Waals surface area (Å²) >= 11 is 0. The maximum Gasteiger partial charge on any atom is 0.271 e. The SMILES string of the molecule is O=S(=O)(Cc1ccccc1)OC1CCCC1. The van der Waals surface area contributed by atoms with Crippen molar-refractivity contribution < 1.29 is 12.6 Å². The average Bonchev–Trinajstić information content (AvgIpc) is 2.70. The molecule has 0 radical (unpaired) electrons. The molecule has 88 valence electrons. The summed E-state index contributed by atoms with van der Waals surface area (Å²) in [4.78, 5) is 0. The predicted octanol–water partition coefficient (Wildman–Crippen LogP) is 2.48. The minimum absolute atomic E-state index is 0.0235. The molecule has 1 aromatic carbocycles. The van der Waals surface area contributed by atoms with Crippen LogP contribution in [0.3, 0.4) is 0 Å². The summed E-state index contributed by atoms with van der Waals surface area (Å²) in [5, 5.41) is 0. The molecule has 0 aliphatic heterocycles. The van der Waals surface area contributed by atoms with Gasteiger partial charge in [0.25, 0.3) is 10.1 Å². The van der Waals surface area contributed by atoms with Crippen LogP contribution in [0.25, 0.3) is 0 Å². The fourth-order valence-corrected chi connectivity index (χ4v) is 3.28. The van der Waals surface area contributed by atoms with Crippen molar-refractivity contribution in [3.63, 3.8) is 0 Å². The maximum absolute atomic E-state index is 11.7. The van der Waals surface area contributed by atoms with E-state index in [0.717, 1.165) is 31.2 Å². The monoisotopic (exact) mass is 240 g/mol. The van der Waals surface area contributed by atoms with E-state index in [2.05, 4.69) is 0 Å². The third kappa shape index (κ3) is 3.32. The molecule has 4 heteroatoms. The largest absolute Gasteiger partial charge is 0.271 e. The van der Waals surface area contributed by atoms with Gasteiger partial charge in [-0.3, -0.25) is 4.18 Å². The van der Waals surface area contributed by atoms with Crippen LogP contribution >= 0.6 is 0 Å². The van der Waals surface area contributed by atoms with Crippen molar-refractivity contribution in [2.24, 2.45) is 0 Å². The van der Waals surface area contributed by atoms with Gasteiger partial charge in [-0.25, -0.2) is 0 Å². The van der Waals surface area contributed by atoms with Crippen LogP contribution in [0.15, 0.2) is 30.3 Å². The molecule has 0 amide bonds. The van der Waals surface area contributed by atoms with Crippen LogP contribution in [-0.4, -0.2) is 14.5 Å². The predicted molar refractivity (Wildman–Crippen MR) is 62.4 cm³/mol. The minimum atomic E-state index is -3.42. The Morgan fingerprint density at radius 2 is 1.75 bits per heavy atom. The fourth-order valence-electron chi connectivity index (χ4n) is 2.00. The summed E-state index contributed by atoms with van der Waals surface area (Å²) in [6.45, 7) is 0. The molecule has 0 aromatic heterocycles. The summed E-state index contributed by atoms with van der Waals surface area (Å²) in [5.74, 6) is -0.0235. The number of benzene rings is 1. The molecule has 1 aliphatic rings. The lowest BCUT2D eigenvalue weighted by Crippen LogP contribution is -2.16. The van der Waals surface area contributed by atoms with Gasteiger partial charge in [0.2, 0.25) is 0 Å². The van der Waals surface area contributed by atoms with Crippen molar-refractivity contribution in [2.45, 2.75) is 37.5 Å². The number of hydrogen-bond donors (Lipinski definition) is 0. The second kappa shape index (κ2) is 4.97. The van der Waals surface area contributed by atoms with E-state index >= 15 is 0 Å². The Labute approximate surface area is 96.6 Å². The molecular weight excluding hydrogens is 224 g/mol. The lowest BCUT2D eigenvalue weighted by Gasteiger charge is -2.10. The normalized spacial score (nSPS) is 17.8. The van der Waals surface area contributed by atoms with Crippen LogP contribution in [0, 0.1) is 0 Å². The lowest BCUT2D eigenvalue weighted by molar-refractivity contribution is 0.217. The van der Waals surface area contributed by atoms with Gasteiger partial charge in [0.05, 0.1) is 6.10 Å². The van der Waals surface area contributed by atoms with Gasteiger partial charge in [-0.2, -0.15) is 8.42 Å². The molecule has 0 saturated heterocycles. The molecule has 0 atom stereocenters. The molecular formula is C12H16O3S. The molecule has 2 rings (SSSR count). The molecule has 0 heterocycles. The zero-order valence-corrected chi connectivity index (χ0v) is 9.95. The molecule has 0 spiro atoms. The topological polar surface area (TPSA) is 43.4 Å². The molecule has 16 heavy (non-hydrogen) atoms. The first-order valence-electron chi connectivity index (χ1n) is 5.61. The number of rotatable bonds is 4. The van der Waals surface area contributed by atoms with Crippen molar-refractivity contribution in [3.8, 4) is 0 Å².